The molecule has 0 aromatic heterocycles. The van der Waals surface area contributed by atoms with E-state index >= 15 is 0 Å². The maximum absolute atomic E-state index is 11.4. The highest BCUT2D eigenvalue weighted by atomic mass is 16.5. The molecular weight excluding hydrogens is 142 g/mol. The summed E-state index contributed by atoms with van der Waals surface area (Å²) in [4.78, 5) is 11.4. The van der Waals surface area contributed by atoms with E-state index in [2.05, 4.69) is 5.32 Å². The Hall–Kier alpha value is -0.410. The summed E-state index contributed by atoms with van der Waals surface area (Å²) in [5.41, 5.74) is -0.0434. The maximum Gasteiger partial charge on any atom is 0.154 e. The second-order valence-electron chi connectivity index (χ2n) is 3.42. The van der Waals surface area contributed by atoms with Gasteiger partial charge in [0.05, 0.1) is 6.54 Å². The van der Waals surface area contributed by atoms with Crippen molar-refractivity contribution in [2.24, 2.45) is 5.41 Å². The Kier molecular flexibility index (Phi) is 1.69. The van der Waals surface area contributed by atoms with Crippen molar-refractivity contribution in [2.75, 3.05) is 26.3 Å². The van der Waals surface area contributed by atoms with Crippen LogP contribution in [-0.2, 0) is 9.53 Å². The lowest BCUT2D eigenvalue weighted by atomic mass is 9.79. The number of nitrogens with one attached hydrogen (secondary N) is 1. The van der Waals surface area contributed by atoms with Crippen LogP contribution in [-0.4, -0.2) is 32.1 Å². The molecule has 2 fully saturated rings. The summed E-state index contributed by atoms with van der Waals surface area (Å²) in [5.74, 6) is 0.390. The fraction of sp³-hybridized carbons (Fsp3) is 0.875. The van der Waals surface area contributed by atoms with Gasteiger partial charge in [-0.15, -0.1) is 0 Å². The topological polar surface area (TPSA) is 38.3 Å². The smallest absolute Gasteiger partial charge is 0.154 e. The van der Waals surface area contributed by atoms with Gasteiger partial charge in [0.2, 0.25) is 0 Å². The summed E-state index contributed by atoms with van der Waals surface area (Å²) >= 11 is 0. The van der Waals surface area contributed by atoms with Crippen molar-refractivity contribution in [1.29, 1.82) is 0 Å². The number of carbonyl (C=O) groups excluding carboxylic acids is 1. The summed E-state index contributed by atoms with van der Waals surface area (Å²) in [5, 5.41) is 3.13. The lowest BCUT2D eigenvalue weighted by molar-refractivity contribution is -0.128. The summed E-state index contributed by atoms with van der Waals surface area (Å²) in [6, 6.07) is 0. The highest BCUT2D eigenvalue weighted by molar-refractivity contribution is 5.89. The Morgan fingerprint density at radius 2 is 2.09 bits per heavy atom. The average Bonchev–Trinajstić information content (AvgIpc) is 2.36. The van der Waals surface area contributed by atoms with E-state index in [0.717, 1.165) is 32.6 Å². The van der Waals surface area contributed by atoms with E-state index in [1.165, 1.54) is 0 Å². The standard InChI is InChI=1S/C8H13NO2/c10-7-5-9-6-8(7)1-3-11-4-2-8/h9H,1-6H2. The van der Waals surface area contributed by atoms with E-state index in [4.69, 9.17) is 4.74 Å². The molecule has 2 rings (SSSR count). The first kappa shape index (κ1) is 7.25. The fourth-order valence-electron chi connectivity index (χ4n) is 1.92. The van der Waals surface area contributed by atoms with E-state index < -0.39 is 0 Å². The molecule has 3 nitrogen and oxygen atoms in total. The van der Waals surface area contributed by atoms with Gasteiger partial charge in [-0.05, 0) is 12.8 Å². The van der Waals surface area contributed by atoms with Crippen LogP contribution in [0.25, 0.3) is 0 Å². The minimum atomic E-state index is -0.0434. The zero-order valence-corrected chi connectivity index (χ0v) is 6.56. The largest absolute Gasteiger partial charge is 0.381 e. The molecule has 2 saturated heterocycles. The number of hydrogen-bond donors (Lipinski definition) is 1. The maximum atomic E-state index is 11.4. The molecule has 62 valence electrons. The second-order valence-corrected chi connectivity index (χ2v) is 3.42. The van der Waals surface area contributed by atoms with Crippen LogP contribution in [0.15, 0.2) is 0 Å². The molecule has 3 heteroatoms. The van der Waals surface area contributed by atoms with E-state index in [-0.39, 0.29) is 5.41 Å². The van der Waals surface area contributed by atoms with Crippen molar-refractivity contribution < 1.29 is 9.53 Å². The van der Waals surface area contributed by atoms with E-state index in [1.807, 2.05) is 0 Å². The lowest BCUT2D eigenvalue weighted by Gasteiger charge is -2.30. The number of hydrogen-bond acceptors (Lipinski definition) is 3. The Labute approximate surface area is 66.1 Å². The molecule has 2 aliphatic heterocycles. The molecule has 1 N–H and O–H groups in total. The van der Waals surface area contributed by atoms with Gasteiger partial charge >= 0.3 is 0 Å². The van der Waals surface area contributed by atoms with Crippen molar-refractivity contribution in [3.63, 3.8) is 0 Å². The predicted octanol–water partition coefficient (Wildman–Crippen LogP) is -0.0445. The number of ketones is 1. The van der Waals surface area contributed by atoms with Crippen molar-refractivity contribution in [2.45, 2.75) is 12.8 Å². The minimum Gasteiger partial charge on any atom is -0.381 e. The fourth-order valence-corrected chi connectivity index (χ4v) is 1.92. The summed E-state index contributed by atoms with van der Waals surface area (Å²) in [6.45, 7) is 2.95. The molecule has 2 aliphatic rings. The molecule has 2 heterocycles. The number of carbonyl (C=O) groups is 1. The number of Topliss-reactive ketones (excluding diaryl/α,β-unsaturated/α-hetero) is 1. The van der Waals surface area contributed by atoms with Crippen LogP contribution in [0, 0.1) is 5.41 Å². The SMILES string of the molecule is O=C1CNCC12CCOCC2. The Morgan fingerprint density at radius 3 is 2.64 bits per heavy atom. The van der Waals surface area contributed by atoms with Crippen molar-refractivity contribution in [1.82, 2.24) is 5.32 Å². The van der Waals surface area contributed by atoms with Gasteiger partial charge in [-0.3, -0.25) is 4.79 Å². The van der Waals surface area contributed by atoms with Gasteiger partial charge in [-0.2, -0.15) is 0 Å². The molecule has 0 aromatic rings. The predicted molar refractivity (Wildman–Crippen MR) is 40.4 cm³/mol. The molecule has 0 bridgehead atoms. The van der Waals surface area contributed by atoms with Crippen LogP contribution in [0.2, 0.25) is 0 Å². The zero-order chi connectivity index (χ0) is 7.73. The number of rotatable bonds is 0. The zero-order valence-electron chi connectivity index (χ0n) is 6.56. The molecule has 0 radical (unpaired) electrons. The molecule has 0 saturated carbocycles. The number of ether oxygens (including phenoxy) is 1. The molecule has 0 amide bonds. The first-order valence-electron chi connectivity index (χ1n) is 4.15. The molecule has 1 spiro atoms. The van der Waals surface area contributed by atoms with Gasteiger partial charge in [-0.25, -0.2) is 0 Å². The second kappa shape index (κ2) is 2.57. The summed E-state index contributed by atoms with van der Waals surface area (Å²) in [6.07, 6.45) is 1.83. The molecule has 0 atom stereocenters. The van der Waals surface area contributed by atoms with Gasteiger partial charge in [0.25, 0.3) is 0 Å². The Balaban J connectivity index is 2.12. The Bertz CT molecular complexity index is 173. The monoisotopic (exact) mass is 155 g/mol. The molecular formula is C8H13NO2. The molecule has 0 aliphatic carbocycles. The van der Waals surface area contributed by atoms with Crippen LogP contribution < -0.4 is 5.32 Å². The van der Waals surface area contributed by atoms with Crippen molar-refractivity contribution >= 4 is 5.78 Å². The average molecular weight is 155 g/mol. The van der Waals surface area contributed by atoms with Crippen LogP contribution in [0.5, 0.6) is 0 Å². The highest BCUT2D eigenvalue weighted by Gasteiger charge is 2.42. The van der Waals surface area contributed by atoms with Crippen LogP contribution in [0.4, 0.5) is 0 Å². The Morgan fingerprint density at radius 1 is 1.36 bits per heavy atom. The van der Waals surface area contributed by atoms with E-state index in [1.54, 1.807) is 0 Å². The normalized spacial score (nSPS) is 29.6. The third kappa shape index (κ3) is 1.08. The van der Waals surface area contributed by atoms with Gasteiger partial charge in [0, 0.05) is 25.2 Å². The van der Waals surface area contributed by atoms with E-state index in [9.17, 15) is 4.79 Å². The minimum absolute atomic E-state index is 0.0434. The van der Waals surface area contributed by atoms with Gasteiger partial charge in [0.15, 0.2) is 5.78 Å². The molecule has 11 heavy (non-hydrogen) atoms. The lowest BCUT2D eigenvalue weighted by Crippen LogP contribution is -2.36. The highest BCUT2D eigenvalue weighted by Crippen LogP contribution is 2.33. The van der Waals surface area contributed by atoms with Gasteiger partial charge in [0.1, 0.15) is 0 Å². The molecule has 0 unspecified atom stereocenters. The van der Waals surface area contributed by atoms with Gasteiger partial charge < -0.3 is 10.1 Å². The first-order chi connectivity index (χ1) is 5.33. The van der Waals surface area contributed by atoms with Crippen molar-refractivity contribution in [3.8, 4) is 0 Å². The van der Waals surface area contributed by atoms with E-state index in [0.29, 0.717) is 12.3 Å². The summed E-state index contributed by atoms with van der Waals surface area (Å²) < 4.78 is 5.22. The first-order valence-corrected chi connectivity index (χ1v) is 4.15. The molecule has 0 aromatic carbocycles. The van der Waals surface area contributed by atoms with Crippen LogP contribution in [0.1, 0.15) is 12.8 Å². The van der Waals surface area contributed by atoms with Crippen LogP contribution >= 0.6 is 0 Å². The quantitative estimate of drug-likeness (QED) is 0.533. The van der Waals surface area contributed by atoms with Gasteiger partial charge in [-0.1, -0.05) is 0 Å². The third-order valence-corrected chi connectivity index (χ3v) is 2.79. The summed E-state index contributed by atoms with van der Waals surface area (Å²) in [7, 11) is 0. The third-order valence-electron chi connectivity index (χ3n) is 2.79. The van der Waals surface area contributed by atoms with Crippen molar-refractivity contribution in [3.05, 3.63) is 0 Å². The van der Waals surface area contributed by atoms with Crippen LogP contribution in [0.3, 0.4) is 0 Å².